The summed E-state index contributed by atoms with van der Waals surface area (Å²) >= 11 is 6.08. The molecule has 1 aliphatic heterocycles. The molecule has 6 nitrogen and oxygen atoms in total. The van der Waals surface area contributed by atoms with Crippen LogP contribution in [-0.4, -0.2) is 27.0 Å². The Kier molecular flexibility index (Phi) is 4.57. The highest BCUT2D eigenvalue weighted by Gasteiger charge is 2.29. The van der Waals surface area contributed by atoms with Gasteiger partial charge in [-0.3, -0.25) is 4.79 Å². The summed E-state index contributed by atoms with van der Waals surface area (Å²) in [5.74, 6) is 0.585. The van der Waals surface area contributed by atoms with Crippen molar-refractivity contribution in [3.8, 4) is 0 Å². The van der Waals surface area contributed by atoms with Gasteiger partial charge in [0.05, 0.1) is 6.54 Å². The van der Waals surface area contributed by atoms with Crippen LogP contribution in [-0.2, 0) is 13.1 Å². The highest BCUT2D eigenvalue weighted by atomic mass is 35.5. The minimum atomic E-state index is -0.0397. The number of aliphatic imine (C=N–C) groups is 1. The number of nitrogens with two attached hydrogens (primary N) is 1. The number of carbonyl (C=O) groups excluding carboxylic acids is 1. The van der Waals surface area contributed by atoms with Crippen LogP contribution in [0, 0.1) is 6.92 Å². The zero-order valence-electron chi connectivity index (χ0n) is 13.1. The molecule has 24 heavy (non-hydrogen) atoms. The van der Waals surface area contributed by atoms with E-state index >= 15 is 0 Å². The Balaban J connectivity index is 1.77. The Morgan fingerprint density at radius 3 is 3.00 bits per heavy atom. The number of carbonyl (C=O) groups is 1. The maximum atomic E-state index is 12.5. The summed E-state index contributed by atoms with van der Waals surface area (Å²) in [4.78, 5) is 26.8. The van der Waals surface area contributed by atoms with Gasteiger partial charge in [-0.05, 0) is 42.5 Å². The van der Waals surface area contributed by atoms with Gasteiger partial charge < -0.3 is 10.6 Å². The predicted molar refractivity (Wildman–Crippen MR) is 93.3 cm³/mol. The van der Waals surface area contributed by atoms with Crippen LogP contribution in [0.5, 0.6) is 0 Å². The molecule has 0 bridgehead atoms. The second-order valence-electron chi connectivity index (χ2n) is 5.44. The zero-order chi connectivity index (χ0) is 17.1. The fraction of sp³-hybridized carbons (Fsp3) is 0.176. The molecule has 0 aliphatic carbocycles. The van der Waals surface area contributed by atoms with Crippen LogP contribution in [0.4, 0.5) is 5.82 Å². The molecule has 0 spiro atoms. The van der Waals surface area contributed by atoms with Gasteiger partial charge in [-0.25, -0.2) is 15.0 Å². The lowest BCUT2D eigenvalue weighted by Crippen LogP contribution is -2.23. The largest absolute Gasteiger partial charge is 0.405 e. The van der Waals surface area contributed by atoms with Gasteiger partial charge in [0, 0.05) is 36.3 Å². The number of rotatable bonds is 4. The topological polar surface area (TPSA) is 84.5 Å². The van der Waals surface area contributed by atoms with E-state index < -0.39 is 0 Å². The number of aromatic nitrogens is 2. The molecule has 1 amide bonds. The zero-order valence-corrected chi connectivity index (χ0v) is 13.9. The van der Waals surface area contributed by atoms with Crippen molar-refractivity contribution in [2.45, 2.75) is 20.0 Å². The smallest absolute Gasteiger partial charge is 0.254 e. The van der Waals surface area contributed by atoms with E-state index in [2.05, 4.69) is 15.0 Å². The molecule has 2 aromatic heterocycles. The SMILES string of the molecule is Cc1cc(CN2Cc3c(ccnc3Cl)C2=O)cnc1N=C/C=C\N. The summed E-state index contributed by atoms with van der Waals surface area (Å²) < 4.78 is 0. The van der Waals surface area contributed by atoms with Gasteiger partial charge in [0.1, 0.15) is 5.15 Å². The van der Waals surface area contributed by atoms with Crippen molar-refractivity contribution in [2.24, 2.45) is 10.7 Å². The van der Waals surface area contributed by atoms with Crippen LogP contribution in [0.15, 0.2) is 41.8 Å². The first-order valence-corrected chi connectivity index (χ1v) is 7.77. The standard InChI is InChI=1S/C17H16ClN5O/c1-11-7-12(8-22-16(11)21-5-2-4-19)9-23-10-14-13(17(23)24)3-6-20-15(14)18/h2-8H,9-10,19H2,1H3/b4-2-,21-5?. The number of allylic oxidation sites excluding steroid dienone is 1. The molecular weight excluding hydrogens is 326 g/mol. The molecule has 2 N–H and O–H groups in total. The van der Waals surface area contributed by atoms with Crippen LogP contribution >= 0.6 is 11.6 Å². The molecule has 1 aliphatic rings. The Hall–Kier alpha value is -2.73. The lowest BCUT2D eigenvalue weighted by Gasteiger charge is -2.16. The number of halogens is 1. The fourth-order valence-electron chi connectivity index (χ4n) is 2.61. The second-order valence-corrected chi connectivity index (χ2v) is 5.79. The van der Waals surface area contributed by atoms with Crippen molar-refractivity contribution < 1.29 is 4.79 Å². The van der Waals surface area contributed by atoms with E-state index in [1.807, 2.05) is 13.0 Å². The molecule has 3 heterocycles. The maximum absolute atomic E-state index is 12.5. The second kappa shape index (κ2) is 6.80. The first-order valence-electron chi connectivity index (χ1n) is 7.39. The molecule has 2 aromatic rings. The van der Waals surface area contributed by atoms with Gasteiger partial charge >= 0.3 is 0 Å². The van der Waals surface area contributed by atoms with Crippen LogP contribution in [0.1, 0.15) is 27.0 Å². The van der Waals surface area contributed by atoms with Crippen molar-refractivity contribution in [3.63, 3.8) is 0 Å². The number of hydrogen-bond donors (Lipinski definition) is 1. The van der Waals surface area contributed by atoms with Gasteiger partial charge in [-0.2, -0.15) is 0 Å². The Morgan fingerprint density at radius 2 is 2.29 bits per heavy atom. The lowest BCUT2D eigenvalue weighted by atomic mass is 10.2. The Labute approximate surface area is 144 Å². The van der Waals surface area contributed by atoms with E-state index in [4.69, 9.17) is 17.3 Å². The third-order valence-corrected chi connectivity index (χ3v) is 4.07. The van der Waals surface area contributed by atoms with E-state index in [9.17, 15) is 4.79 Å². The summed E-state index contributed by atoms with van der Waals surface area (Å²) in [6.45, 7) is 2.85. The van der Waals surface area contributed by atoms with E-state index in [0.717, 1.165) is 16.7 Å². The Morgan fingerprint density at radius 1 is 1.46 bits per heavy atom. The van der Waals surface area contributed by atoms with E-state index in [0.29, 0.717) is 29.6 Å². The van der Waals surface area contributed by atoms with Crippen molar-refractivity contribution in [1.29, 1.82) is 0 Å². The summed E-state index contributed by atoms with van der Waals surface area (Å²) in [5.41, 5.74) is 8.53. The van der Waals surface area contributed by atoms with Gasteiger partial charge in [0.25, 0.3) is 5.91 Å². The minimum absolute atomic E-state index is 0.0397. The van der Waals surface area contributed by atoms with Gasteiger partial charge in [-0.1, -0.05) is 11.6 Å². The number of amides is 1. The molecular formula is C17H16ClN5O. The first kappa shape index (κ1) is 16.1. The summed E-state index contributed by atoms with van der Waals surface area (Å²) in [6.07, 6.45) is 7.90. The highest BCUT2D eigenvalue weighted by molar-refractivity contribution is 6.30. The average Bonchev–Trinajstić information content (AvgIpc) is 2.88. The van der Waals surface area contributed by atoms with Crippen molar-refractivity contribution in [3.05, 3.63) is 64.2 Å². The number of pyridine rings is 2. The quantitative estimate of drug-likeness (QED) is 0.684. The minimum Gasteiger partial charge on any atom is -0.405 e. The lowest BCUT2D eigenvalue weighted by molar-refractivity contribution is 0.0766. The van der Waals surface area contributed by atoms with E-state index in [1.54, 1.807) is 35.7 Å². The van der Waals surface area contributed by atoms with Crippen molar-refractivity contribution >= 4 is 29.5 Å². The summed E-state index contributed by atoms with van der Waals surface area (Å²) in [5, 5.41) is 0.385. The molecule has 122 valence electrons. The molecule has 0 radical (unpaired) electrons. The third kappa shape index (κ3) is 3.14. The van der Waals surface area contributed by atoms with Crippen LogP contribution in [0.2, 0.25) is 5.15 Å². The number of aryl methyl sites for hydroxylation is 1. The van der Waals surface area contributed by atoms with E-state index in [-0.39, 0.29) is 5.91 Å². The van der Waals surface area contributed by atoms with Crippen LogP contribution < -0.4 is 5.73 Å². The monoisotopic (exact) mass is 341 g/mol. The molecule has 3 rings (SSSR count). The molecule has 0 fully saturated rings. The molecule has 0 atom stereocenters. The van der Waals surface area contributed by atoms with Crippen molar-refractivity contribution in [2.75, 3.05) is 0 Å². The number of fused-ring (bicyclic) bond motifs is 1. The van der Waals surface area contributed by atoms with E-state index in [1.165, 1.54) is 6.20 Å². The van der Waals surface area contributed by atoms with Crippen LogP contribution in [0.25, 0.3) is 0 Å². The van der Waals surface area contributed by atoms with Crippen LogP contribution in [0.3, 0.4) is 0 Å². The molecule has 0 unspecified atom stereocenters. The third-order valence-electron chi connectivity index (χ3n) is 3.74. The number of hydrogen-bond acceptors (Lipinski definition) is 5. The van der Waals surface area contributed by atoms with Gasteiger partial charge in [-0.15, -0.1) is 0 Å². The predicted octanol–water partition coefficient (Wildman–Crippen LogP) is 2.77. The molecule has 0 aromatic carbocycles. The average molecular weight is 342 g/mol. The van der Waals surface area contributed by atoms with Gasteiger partial charge in [0.2, 0.25) is 0 Å². The maximum Gasteiger partial charge on any atom is 0.254 e. The van der Waals surface area contributed by atoms with Crippen molar-refractivity contribution in [1.82, 2.24) is 14.9 Å². The highest BCUT2D eigenvalue weighted by Crippen LogP contribution is 2.29. The molecule has 0 saturated heterocycles. The first-order chi connectivity index (χ1) is 11.6. The molecule has 0 saturated carbocycles. The normalized spacial score (nSPS) is 14.1. The fourth-order valence-corrected chi connectivity index (χ4v) is 2.83. The Bertz CT molecular complexity index is 847. The summed E-state index contributed by atoms with van der Waals surface area (Å²) in [6, 6.07) is 3.68. The van der Waals surface area contributed by atoms with Gasteiger partial charge in [0.15, 0.2) is 5.82 Å². The number of nitrogens with zero attached hydrogens (tertiary/aromatic N) is 4. The molecule has 7 heteroatoms. The summed E-state index contributed by atoms with van der Waals surface area (Å²) in [7, 11) is 0.